The highest BCUT2D eigenvalue weighted by Crippen LogP contribution is 2.26. The molecule has 0 saturated heterocycles. The molecule has 0 aliphatic rings. The third-order valence-electron chi connectivity index (χ3n) is 2.57. The van der Waals surface area contributed by atoms with Crippen molar-refractivity contribution in [1.29, 1.82) is 5.26 Å². The van der Waals surface area contributed by atoms with Gasteiger partial charge in [0.25, 0.3) is 5.91 Å². The monoisotopic (exact) mass is 270 g/mol. The van der Waals surface area contributed by atoms with Crippen LogP contribution in [0.2, 0.25) is 0 Å². The maximum atomic E-state index is 11.9. The first-order chi connectivity index (χ1) is 9.54. The number of carbonyl (C=O) groups is 2. The van der Waals surface area contributed by atoms with Crippen LogP contribution in [-0.2, 0) is 0 Å². The molecule has 0 bridgehead atoms. The van der Waals surface area contributed by atoms with E-state index in [0.717, 1.165) is 0 Å². The zero-order valence-corrected chi connectivity index (χ0v) is 10.8. The molecule has 2 aromatic heterocycles. The van der Waals surface area contributed by atoms with E-state index in [0.29, 0.717) is 0 Å². The Bertz CT molecular complexity index is 713. The molecule has 20 heavy (non-hydrogen) atoms. The van der Waals surface area contributed by atoms with Gasteiger partial charge in [-0.15, -0.1) is 0 Å². The average molecular weight is 270 g/mol. The molecule has 0 atom stereocenters. The number of furan rings is 1. The summed E-state index contributed by atoms with van der Waals surface area (Å²) in [5.74, 6) is -0.657. The third kappa shape index (κ3) is 2.40. The van der Waals surface area contributed by atoms with Crippen LogP contribution in [0.1, 0.15) is 39.1 Å². The summed E-state index contributed by atoms with van der Waals surface area (Å²) in [4.78, 5) is 31.0. The second-order valence-corrected chi connectivity index (χ2v) is 3.95. The molecule has 7 heteroatoms. The summed E-state index contributed by atoms with van der Waals surface area (Å²) in [7, 11) is 0. The fraction of sp³-hybridized carbons (Fsp3) is 0.154. The standard InChI is InChI=1S/C13H10N4O3/c1-7(18)11-8(2)20-13(9(11)5-14)17-12(19)10-6-15-3-4-16-10/h3-4,6H,1-2H3,(H,17,19). The lowest BCUT2D eigenvalue weighted by Crippen LogP contribution is -2.14. The molecule has 0 fully saturated rings. The van der Waals surface area contributed by atoms with Gasteiger partial charge in [0.05, 0.1) is 11.8 Å². The van der Waals surface area contributed by atoms with Crippen LogP contribution in [0.3, 0.4) is 0 Å². The molecule has 2 aromatic rings. The average Bonchev–Trinajstić information content (AvgIpc) is 2.75. The number of carbonyl (C=O) groups excluding carboxylic acids is 2. The molecule has 0 spiro atoms. The Hall–Kier alpha value is -3.01. The number of anilines is 1. The van der Waals surface area contributed by atoms with E-state index in [4.69, 9.17) is 9.68 Å². The molecule has 2 rings (SSSR count). The summed E-state index contributed by atoms with van der Waals surface area (Å²) in [5, 5.41) is 11.5. The van der Waals surface area contributed by atoms with Crippen LogP contribution in [0, 0.1) is 18.3 Å². The van der Waals surface area contributed by atoms with E-state index in [9.17, 15) is 9.59 Å². The van der Waals surface area contributed by atoms with Crippen LogP contribution < -0.4 is 5.32 Å². The molecule has 100 valence electrons. The molecule has 7 nitrogen and oxygen atoms in total. The van der Waals surface area contributed by atoms with Crippen molar-refractivity contribution >= 4 is 17.6 Å². The number of nitrogens with one attached hydrogen (secondary N) is 1. The second-order valence-electron chi connectivity index (χ2n) is 3.95. The first-order valence-corrected chi connectivity index (χ1v) is 5.66. The van der Waals surface area contributed by atoms with E-state index in [1.807, 2.05) is 6.07 Å². The number of rotatable bonds is 3. The Morgan fingerprint density at radius 2 is 2.15 bits per heavy atom. The second kappa shape index (κ2) is 5.32. The highest BCUT2D eigenvalue weighted by Gasteiger charge is 2.23. The SMILES string of the molecule is CC(=O)c1c(C)oc(NC(=O)c2cnccn2)c1C#N. The van der Waals surface area contributed by atoms with Crippen molar-refractivity contribution in [3.05, 3.63) is 41.2 Å². The first-order valence-electron chi connectivity index (χ1n) is 5.66. The van der Waals surface area contributed by atoms with Crippen LogP contribution in [0.15, 0.2) is 23.0 Å². The summed E-state index contributed by atoms with van der Waals surface area (Å²) in [6, 6.07) is 1.86. The third-order valence-corrected chi connectivity index (χ3v) is 2.57. The number of hydrogen-bond acceptors (Lipinski definition) is 6. The van der Waals surface area contributed by atoms with Gasteiger partial charge in [-0.1, -0.05) is 0 Å². The predicted octanol–water partition coefficient (Wildman–Crippen LogP) is 1.70. The summed E-state index contributed by atoms with van der Waals surface area (Å²) in [6.45, 7) is 2.88. The van der Waals surface area contributed by atoms with Gasteiger partial charge < -0.3 is 4.42 Å². The van der Waals surface area contributed by atoms with E-state index >= 15 is 0 Å². The number of nitriles is 1. The predicted molar refractivity (Wildman–Crippen MR) is 68.1 cm³/mol. The Kier molecular flexibility index (Phi) is 3.57. The lowest BCUT2D eigenvalue weighted by atomic mass is 10.1. The van der Waals surface area contributed by atoms with Gasteiger partial charge >= 0.3 is 0 Å². The van der Waals surface area contributed by atoms with Gasteiger partial charge in [0.15, 0.2) is 5.78 Å². The number of hydrogen-bond donors (Lipinski definition) is 1. The minimum absolute atomic E-state index is 0.00670. The fourth-order valence-corrected chi connectivity index (χ4v) is 1.75. The van der Waals surface area contributed by atoms with Crippen molar-refractivity contribution < 1.29 is 14.0 Å². The lowest BCUT2D eigenvalue weighted by molar-refractivity contribution is 0.100. The number of ketones is 1. The molecular weight excluding hydrogens is 260 g/mol. The van der Waals surface area contributed by atoms with Gasteiger partial charge in [0.2, 0.25) is 5.88 Å². The minimum atomic E-state index is -0.571. The Morgan fingerprint density at radius 3 is 2.70 bits per heavy atom. The number of nitrogens with zero attached hydrogens (tertiary/aromatic N) is 3. The highest BCUT2D eigenvalue weighted by molar-refractivity contribution is 6.05. The van der Waals surface area contributed by atoms with Crippen molar-refractivity contribution in [3.63, 3.8) is 0 Å². The Labute approximate surface area is 114 Å². The van der Waals surface area contributed by atoms with E-state index < -0.39 is 5.91 Å². The lowest BCUT2D eigenvalue weighted by Gasteiger charge is -2.00. The molecule has 0 aliphatic heterocycles. The highest BCUT2D eigenvalue weighted by atomic mass is 16.4. The van der Waals surface area contributed by atoms with Crippen molar-refractivity contribution in [2.75, 3.05) is 5.32 Å². The molecular formula is C13H10N4O3. The number of amides is 1. The van der Waals surface area contributed by atoms with E-state index in [1.54, 1.807) is 6.92 Å². The quantitative estimate of drug-likeness (QED) is 0.850. The van der Waals surface area contributed by atoms with Gasteiger partial charge in [0.1, 0.15) is 23.1 Å². The maximum absolute atomic E-state index is 11.9. The summed E-state index contributed by atoms with van der Waals surface area (Å²) >= 11 is 0. The van der Waals surface area contributed by atoms with Gasteiger partial charge in [0, 0.05) is 12.4 Å². The molecule has 0 radical (unpaired) electrons. The maximum Gasteiger partial charge on any atom is 0.278 e. The van der Waals surface area contributed by atoms with Crippen LogP contribution in [0.25, 0.3) is 0 Å². The molecule has 0 aromatic carbocycles. The minimum Gasteiger partial charge on any atom is -0.443 e. The fourth-order valence-electron chi connectivity index (χ4n) is 1.75. The normalized spacial score (nSPS) is 9.85. The molecule has 1 amide bonds. The van der Waals surface area contributed by atoms with Crippen LogP contribution in [0.4, 0.5) is 5.88 Å². The summed E-state index contributed by atoms with van der Waals surface area (Å²) < 4.78 is 5.27. The molecule has 1 N–H and O–H groups in total. The van der Waals surface area contributed by atoms with E-state index in [1.165, 1.54) is 25.5 Å². The Morgan fingerprint density at radius 1 is 1.40 bits per heavy atom. The van der Waals surface area contributed by atoms with Crippen LogP contribution in [-0.4, -0.2) is 21.7 Å². The van der Waals surface area contributed by atoms with E-state index in [2.05, 4.69) is 15.3 Å². The van der Waals surface area contributed by atoms with Crippen molar-refractivity contribution in [1.82, 2.24) is 9.97 Å². The van der Waals surface area contributed by atoms with Crippen LogP contribution >= 0.6 is 0 Å². The summed E-state index contributed by atoms with van der Waals surface area (Å²) in [6.07, 6.45) is 4.08. The zero-order valence-electron chi connectivity index (χ0n) is 10.8. The smallest absolute Gasteiger partial charge is 0.278 e. The van der Waals surface area contributed by atoms with Gasteiger partial charge in [-0.2, -0.15) is 5.26 Å². The Balaban J connectivity index is 2.36. The van der Waals surface area contributed by atoms with Crippen LogP contribution in [0.5, 0.6) is 0 Å². The summed E-state index contributed by atoms with van der Waals surface area (Å²) in [5.41, 5.74) is 0.254. The number of Topliss-reactive ketones (excluding diaryl/α,β-unsaturated/α-hetero) is 1. The molecule has 0 saturated carbocycles. The largest absolute Gasteiger partial charge is 0.443 e. The molecule has 0 unspecified atom stereocenters. The number of aryl methyl sites for hydroxylation is 1. The van der Waals surface area contributed by atoms with Crippen molar-refractivity contribution in [2.45, 2.75) is 13.8 Å². The zero-order chi connectivity index (χ0) is 14.7. The number of aromatic nitrogens is 2. The molecule has 2 heterocycles. The van der Waals surface area contributed by atoms with Crippen molar-refractivity contribution in [2.24, 2.45) is 0 Å². The van der Waals surface area contributed by atoms with Crippen molar-refractivity contribution in [3.8, 4) is 6.07 Å². The van der Waals surface area contributed by atoms with E-state index in [-0.39, 0.29) is 34.2 Å². The molecule has 0 aliphatic carbocycles. The van der Waals surface area contributed by atoms with Gasteiger partial charge in [-0.05, 0) is 13.8 Å². The topological polar surface area (TPSA) is 109 Å². The van der Waals surface area contributed by atoms with Gasteiger partial charge in [-0.25, -0.2) is 4.98 Å². The first kappa shape index (κ1) is 13.4. The van der Waals surface area contributed by atoms with Gasteiger partial charge in [-0.3, -0.25) is 19.9 Å².